The number of amides is 2. The number of rotatable bonds is 7. The highest BCUT2D eigenvalue weighted by Gasteiger charge is 2.15. The van der Waals surface area contributed by atoms with Gasteiger partial charge < -0.3 is 15.0 Å². The molecule has 0 atom stereocenters. The molecule has 1 heterocycles. The molecule has 0 aliphatic carbocycles. The van der Waals surface area contributed by atoms with Gasteiger partial charge in [0.15, 0.2) is 6.61 Å². The number of hydrogen-bond donors (Lipinski definition) is 1. The van der Waals surface area contributed by atoms with E-state index >= 15 is 0 Å². The van der Waals surface area contributed by atoms with Crippen LogP contribution in [0.1, 0.15) is 20.8 Å². The fraction of sp³-hybridized carbons (Fsp3) is 0.278. The first-order valence-corrected chi connectivity index (χ1v) is 9.09. The second kappa shape index (κ2) is 9.35. The molecule has 6 nitrogen and oxygen atoms in total. The highest BCUT2D eigenvalue weighted by Crippen LogP contribution is 2.17. The summed E-state index contributed by atoms with van der Waals surface area (Å²) in [6, 6.07) is 8.25. The van der Waals surface area contributed by atoms with Gasteiger partial charge in [0.1, 0.15) is 6.54 Å². The van der Waals surface area contributed by atoms with E-state index in [1.54, 1.807) is 42.6 Å². The van der Waals surface area contributed by atoms with Crippen molar-refractivity contribution in [2.24, 2.45) is 0 Å². The van der Waals surface area contributed by atoms with Gasteiger partial charge in [0.25, 0.3) is 11.8 Å². The maximum atomic E-state index is 12.0. The summed E-state index contributed by atoms with van der Waals surface area (Å²) in [5, 5.41) is 4.91. The van der Waals surface area contributed by atoms with Crippen molar-refractivity contribution in [3.63, 3.8) is 0 Å². The van der Waals surface area contributed by atoms with Gasteiger partial charge in [0.05, 0.1) is 6.54 Å². The Morgan fingerprint density at radius 1 is 1.19 bits per heavy atom. The van der Waals surface area contributed by atoms with Crippen LogP contribution in [0.5, 0.6) is 0 Å². The van der Waals surface area contributed by atoms with Crippen molar-refractivity contribution in [2.75, 3.05) is 20.2 Å². The minimum atomic E-state index is -0.679. The minimum absolute atomic E-state index is 0.310. The number of thiophene rings is 1. The SMILES string of the molecule is Cc1ccsc1CN(C)C(=O)COC(=O)CNC(=O)c1ccc(Cl)cc1. The molecular formula is C18H19ClN2O4S. The molecule has 0 spiro atoms. The smallest absolute Gasteiger partial charge is 0.325 e. The van der Waals surface area contributed by atoms with Crippen LogP contribution in [-0.4, -0.2) is 42.9 Å². The summed E-state index contributed by atoms with van der Waals surface area (Å²) in [5.74, 6) is -1.41. The van der Waals surface area contributed by atoms with E-state index in [1.165, 1.54) is 4.90 Å². The second-order valence-electron chi connectivity index (χ2n) is 5.63. The molecular weight excluding hydrogens is 376 g/mol. The van der Waals surface area contributed by atoms with Crippen LogP contribution in [0.4, 0.5) is 0 Å². The molecule has 0 saturated heterocycles. The Bertz CT molecular complexity index is 789. The fourth-order valence-corrected chi connectivity index (χ4v) is 3.11. The van der Waals surface area contributed by atoms with Gasteiger partial charge in [-0.1, -0.05) is 11.6 Å². The minimum Gasteiger partial charge on any atom is -0.454 e. The number of hydrogen-bond acceptors (Lipinski definition) is 5. The highest BCUT2D eigenvalue weighted by molar-refractivity contribution is 7.10. The summed E-state index contributed by atoms with van der Waals surface area (Å²) >= 11 is 7.32. The monoisotopic (exact) mass is 394 g/mol. The predicted octanol–water partition coefficient (Wildman–Crippen LogP) is 2.64. The molecule has 0 unspecified atom stereocenters. The average Bonchev–Trinajstić information content (AvgIpc) is 3.02. The second-order valence-corrected chi connectivity index (χ2v) is 7.06. The highest BCUT2D eigenvalue weighted by atomic mass is 35.5. The number of esters is 1. The van der Waals surface area contributed by atoms with Gasteiger partial charge >= 0.3 is 5.97 Å². The zero-order chi connectivity index (χ0) is 19.1. The molecule has 0 saturated carbocycles. The largest absolute Gasteiger partial charge is 0.454 e. The number of carbonyl (C=O) groups is 3. The third-order valence-electron chi connectivity index (χ3n) is 3.63. The molecule has 0 aliphatic rings. The summed E-state index contributed by atoms with van der Waals surface area (Å²) in [5.41, 5.74) is 1.50. The number of nitrogens with zero attached hydrogens (tertiary/aromatic N) is 1. The molecule has 138 valence electrons. The number of ether oxygens (including phenoxy) is 1. The van der Waals surface area contributed by atoms with Crippen molar-refractivity contribution in [3.8, 4) is 0 Å². The lowest BCUT2D eigenvalue weighted by molar-refractivity contribution is -0.150. The van der Waals surface area contributed by atoms with Gasteiger partial charge in [-0.15, -0.1) is 11.3 Å². The van der Waals surface area contributed by atoms with Crippen LogP contribution >= 0.6 is 22.9 Å². The molecule has 0 fully saturated rings. The van der Waals surface area contributed by atoms with Gasteiger partial charge in [0, 0.05) is 22.5 Å². The first-order valence-electron chi connectivity index (χ1n) is 7.83. The predicted molar refractivity (Wildman–Crippen MR) is 100 cm³/mol. The van der Waals surface area contributed by atoms with Crippen molar-refractivity contribution >= 4 is 40.7 Å². The number of carbonyl (C=O) groups excluding carboxylic acids is 3. The van der Waals surface area contributed by atoms with Gasteiger partial charge in [-0.3, -0.25) is 14.4 Å². The summed E-state index contributed by atoms with van der Waals surface area (Å²) in [6.45, 7) is 1.76. The van der Waals surface area contributed by atoms with Crippen LogP contribution in [-0.2, 0) is 20.9 Å². The molecule has 1 N–H and O–H groups in total. The van der Waals surface area contributed by atoms with Crippen LogP contribution in [0.15, 0.2) is 35.7 Å². The van der Waals surface area contributed by atoms with Crippen molar-refractivity contribution in [2.45, 2.75) is 13.5 Å². The standard InChI is InChI=1S/C18H19ClN2O4S/c1-12-7-8-26-15(12)10-21(2)16(22)11-25-17(23)9-20-18(24)13-3-5-14(19)6-4-13/h3-8H,9-11H2,1-2H3,(H,20,24). The summed E-state index contributed by atoms with van der Waals surface area (Å²) < 4.78 is 4.92. The Kier molecular flexibility index (Phi) is 7.17. The van der Waals surface area contributed by atoms with E-state index in [0.717, 1.165) is 10.4 Å². The molecule has 0 aliphatic heterocycles. The average molecular weight is 395 g/mol. The summed E-state index contributed by atoms with van der Waals surface area (Å²) in [7, 11) is 1.65. The normalized spacial score (nSPS) is 10.3. The Labute approximate surface area is 160 Å². The quantitative estimate of drug-likeness (QED) is 0.732. The van der Waals surface area contributed by atoms with Crippen molar-refractivity contribution in [1.29, 1.82) is 0 Å². The Hall–Kier alpha value is -2.38. The lowest BCUT2D eigenvalue weighted by atomic mass is 10.2. The molecule has 0 radical (unpaired) electrons. The summed E-state index contributed by atoms with van der Waals surface area (Å²) in [6.07, 6.45) is 0. The van der Waals surface area contributed by atoms with E-state index in [1.807, 2.05) is 18.4 Å². The number of nitrogens with one attached hydrogen (secondary N) is 1. The van der Waals surface area contributed by atoms with E-state index in [9.17, 15) is 14.4 Å². The number of likely N-dealkylation sites (N-methyl/N-ethyl adjacent to an activating group) is 1. The van der Waals surface area contributed by atoms with Gasteiger partial charge in [-0.2, -0.15) is 0 Å². The van der Waals surface area contributed by atoms with Gasteiger partial charge in [-0.05, 0) is 48.2 Å². The van der Waals surface area contributed by atoms with Crippen LogP contribution in [0.25, 0.3) is 0 Å². The molecule has 2 amide bonds. The van der Waals surface area contributed by atoms with Crippen molar-refractivity contribution in [1.82, 2.24) is 10.2 Å². The van der Waals surface area contributed by atoms with Crippen molar-refractivity contribution in [3.05, 3.63) is 56.7 Å². The maximum Gasteiger partial charge on any atom is 0.325 e. The van der Waals surface area contributed by atoms with E-state index < -0.39 is 11.9 Å². The van der Waals surface area contributed by atoms with E-state index in [2.05, 4.69) is 5.32 Å². The number of halogens is 1. The first kappa shape index (κ1) is 19.9. The topological polar surface area (TPSA) is 75.7 Å². The number of aryl methyl sites for hydroxylation is 1. The van der Waals surface area contributed by atoms with Gasteiger partial charge in [0.2, 0.25) is 0 Å². The molecule has 1 aromatic heterocycles. The third-order valence-corrected chi connectivity index (χ3v) is 4.89. The maximum absolute atomic E-state index is 12.0. The van der Waals surface area contributed by atoms with Crippen LogP contribution in [0.3, 0.4) is 0 Å². The fourth-order valence-electron chi connectivity index (χ4n) is 2.03. The van der Waals surface area contributed by atoms with Crippen LogP contribution in [0.2, 0.25) is 5.02 Å². The molecule has 0 bridgehead atoms. The lowest BCUT2D eigenvalue weighted by Gasteiger charge is -2.16. The zero-order valence-electron chi connectivity index (χ0n) is 14.5. The Balaban J connectivity index is 1.72. The summed E-state index contributed by atoms with van der Waals surface area (Å²) in [4.78, 5) is 38.2. The molecule has 26 heavy (non-hydrogen) atoms. The van der Waals surface area contributed by atoms with Crippen molar-refractivity contribution < 1.29 is 19.1 Å². The first-order chi connectivity index (χ1) is 12.4. The Morgan fingerprint density at radius 2 is 1.88 bits per heavy atom. The van der Waals surface area contributed by atoms with Crippen LogP contribution in [0, 0.1) is 6.92 Å². The van der Waals surface area contributed by atoms with Crippen LogP contribution < -0.4 is 5.32 Å². The molecule has 2 aromatic rings. The van der Waals surface area contributed by atoms with E-state index in [-0.39, 0.29) is 19.1 Å². The molecule has 8 heteroatoms. The lowest BCUT2D eigenvalue weighted by Crippen LogP contribution is -2.34. The third kappa shape index (κ3) is 5.86. The molecule has 2 rings (SSSR count). The Morgan fingerprint density at radius 3 is 2.50 bits per heavy atom. The number of benzene rings is 1. The van der Waals surface area contributed by atoms with E-state index in [0.29, 0.717) is 17.1 Å². The van der Waals surface area contributed by atoms with E-state index in [4.69, 9.17) is 16.3 Å². The zero-order valence-corrected chi connectivity index (χ0v) is 16.0. The van der Waals surface area contributed by atoms with Gasteiger partial charge in [-0.25, -0.2) is 0 Å². The molecule has 1 aromatic carbocycles.